The summed E-state index contributed by atoms with van der Waals surface area (Å²) in [6.45, 7) is 6.03. The third-order valence-electron chi connectivity index (χ3n) is 4.02. The molecule has 16 heavy (non-hydrogen) atoms. The van der Waals surface area contributed by atoms with Crippen molar-refractivity contribution in [1.82, 2.24) is 0 Å². The van der Waals surface area contributed by atoms with E-state index in [9.17, 15) is 4.39 Å². The third kappa shape index (κ3) is 2.44. The van der Waals surface area contributed by atoms with Crippen molar-refractivity contribution in [2.45, 2.75) is 58.2 Å². The van der Waals surface area contributed by atoms with Crippen molar-refractivity contribution in [2.75, 3.05) is 11.5 Å². The standard InChI is InChI=1S/C13H24FNS/c1-12(2,3)13(14)7-9-16(4,10-8-13)15-11-5-6-11/h11H,4-10H2,1-3H3. The monoisotopic (exact) mass is 245 g/mol. The molecule has 1 heterocycles. The van der Waals surface area contributed by atoms with E-state index in [0.717, 1.165) is 11.5 Å². The van der Waals surface area contributed by atoms with Crippen LogP contribution >= 0.6 is 0 Å². The van der Waals surface area contributed by atoms with Gasteiger partial charge in [-0.05, 0) is 31.1 Å². The fraction of sp³-hybridized carbons (Fsp3) is 0.923. The van der Waals surface area contributed by atoms with Gasteiger partial charge in [0.05, 0.1) is 6.04 Å². The van der Waals surface area contributed by atoms with Gasteiger partial charge in [-0.15, -0.1) is 9.41 Å². The number of hydrogen-bond donors (Lipinski definition) is 0. The Balaban J connectivity index is 2.09. The Kier molecular flexibility index (Phi) is 2.89. The summed E-state index contributed by atoms with van der Waals surface area (Å²) >= 11 is 0. The quantitative estimate of drug-likeness (QED) is 0.627. The molecular formula is C13H24FNS. The first-order chi connectivity index (χ1) is 7.24. The van der Waals surface area contributed by atoms with Crippen LogP contribution in [0.15, 0.2) is 4.36 Å². The Hall–Kier alpha value is -0.0500. The predicted octanol–water partition coefficient (Wildman–Crippen LogP) is 3.47. The number of hydrogen-bond acceptors (Lipinski definition) is 1. The van der Waals surface area contributed by atoms with Gasteiger partial charge in [-0.25, -0.2) is 4.39 Å². The SMILES string of the molecule is C=S1(=NC2CC2)CCC(F)(C(C)(C)C)CC1. The van der Waals surface area contributed by atoms with Crippen LogP contribution in [0.3, 0.4) is 0 Å². The van der Waals surface area contributed by atoms with Gasteiger partial charge in [-0.3, -0.25) is 4.36 Å². The summed E-state index contributed by atoms with van der Waals surface area (Å²) in [7, 11) is -1.07. The van der Waals surface area contributed by atoms with Crippen LogP contribution in [0.2, 0.25) is 0 Å². The number of halogens is 1. The summed E-state index contributed by atoms with van der Waals surface area (Å²) < 4.78 is 19.6. The van der Waals surface area contributed by atoms with E-state index in [0.29, 0.717) is 18.9 Å². The molecule has 1 aliphatic carbocycles. The molecule has 1 nitrogen and oxygen atoms in total. The van der Waals surface area contributed by atoms with Crippen LogP contribution in [-0.2, 0) is 9.41 Å². The second kappa shape index (κ2) is 3.72. The maximum Gasteiger partial charge on any atom is 0.117 e. The first-order valence-electron chi connectivity index (χ1n) is 6.27. The van der Waals surface area contributed by atoms with Gasteiger partial charge in [0.2, 0.25) is 0 Å². The summed E-state index contributed by atoms with van der Waals surface area (Å²) in [5.74, 6) is 6.11. The highest BCUT2D eigenvalue weighted by Gasteiger charge is 2.44. The van der Waals surface area contributed by atoms with Crippen LogP contribution < -0.4 is 0 Å². The zero-order valence-electron chi connectivity index (χ0n) is 10.8. The minimum absolute atomic E-state index is 0.243. The molecule has 2 fully saturated rings. The molecule has 0 atom stereocenters. The Labute approximate surface area is 99.5 Å². The van der Waals surface area contributed by atoms with Crippen molar-refractivity contribution in [2.24, 2.45) is 9.78 Å². The van der Waals surface area contributed by atoms with Crippen LogP contribution in [0.25, 0.3) is 0 Å². The predicted molar refractivity (Wildman–Crippen MR) is 72.2 cm³/mol. The van der Waals surface area contributed by atoms with Crippen LogP contribution in [0, 0.1) is 5.41 Å². The van der Waals surface area contributed by atoms with E-state index >= 15 is 0 Å². The average Bonchev–Trinajstić information content (AvgIpc) is 2.93. The first kappa shape index (κ1) is 12.4. The zero-order chi connectivity index (χ0) is 12.0. The molecule has 0 unspecified atom stereocenters. The number of rotatable bonds is 1. The molecule has 0 amide bonds. The highest BCUT2D eigenvalue weighted by Crippen LogP contribution is 2.43. The molecule has 0 N–H and O–H groups in total. The van der Waals surface area contributed by atoms with Crippen LogP contribution in [-0.4, -0.2) is 29.1 Å². The summed E-state index contributed by atoms with van der Waals surface area (Å²) in [4.78, 5) is 0. The van der Waals surface area contributed by atoms with Crippen LogP contribution in [0.1, 0.15) is 46.5 Å². The fourth-order valence-corrected chi connectivity index (χ4v) is 4.95. The van der Waals surface area contributed by atoms with Crippen molar-refractivity contribution in [3.8, 4) is 0 Å². The fourth-order valence-electron chi connectivity index (χ4n) is 2.28. The molecule has 0 aromatic heterocycles. The molecule has 0 aromatic rings. The third-order valence-corrected chi connectivity index (χ3v) is 6.69. The molecule has 2 aliphatic rings. The Morgan fingerprint density at radius 1 is 1.25 bits per heavy atom. The second-order valence-electron chi connectivity index (χ2n) is 6.46. The molecule has 0 radical (unpaired) electrons. The van der Waals surface area contributed by atoms with Crippen molar-refractivity contribution in [3.63, 3.8) is 0 Å². The van der Waals surface area contributed by atoms with Crippen LogP contribution in [0.5, 0.6) is 0 Å². The van der Waals surface area contributed by atoms with E-state index in [2.05, 4.69) is 5.87 Å². The summed E-state index contributed by atoms with van der Waals surface area (Å²) in [5.41, 5.74) is -1.24. The lowest BCUT2D eigenvalue weighted by Gasteiger charge is -2.42. The molecular weight excluding hydrogens is 221 g/mol. The molecule has 1 saturated heterocycles. The van der Waals surface area contributed by atoms with Crippen molar-refractivity contribution in [1.29, 1.82) is 0 Å². The molecule has 0 spiro atoms. The Morgan fingerprint density at radius 2 is 1.75 bits per heavy atom. The van der Waals surface area contributed by atoms with Gasteiger partial charge in [-0.2, -0.15) is 0 Å². The number of nitrogens with zero attached hydrogens (tertiary/aromatic N) is 1. The topological polar surface area (TPSA) is 12.4 Å². The van der Waals surface area contributed by atoms with Gasteiger partial charge < -0.3 is 0 Å². The van der Waals surface area contributed by atoms with E-state index < -0.39 is 15.1 Å². The van der Waals surface area contributed by atoms with E-state index in [1.54, 1.807) is 0 Å². The molecule has 0 aromatic carbocycles. The van der Waals surface area contributed by atoms with Crippen LogP contribution in [0.4, 0.5) is 4.39 Å². The van der Waals surface area contributed by atoms with Gasteiger partial charge >= 0.3 is 0 Å². The molecule has 3 heteroatoms. The summed E-state index contributed by atoms with van der Waals surface area (Å²) in [5, 5.41) is 0. The first-order valence-corrected chi connectivity index (χ1v) is 8.37. The van der Waals surface area contributed by atoms with Gasteiger partial charge in [0.1, 0.15) is 5.67 Å². The second-order valence-corrected chi connectivity index (χ2v) is 9.49. The lowest BCUT2D eigenvalue weighted by atomic mass is 9.74. The summed E-state index contributed by atoms with van der Waals surface area (Å²) in [6, 6.07) is 0.578. The van der Waals surface area contributed by atoms with E-state index in [-0.39, 0.29) is 5.41 Å². The minimum Gasteiger partial charge on any atom is -0.268 e. The van der Waals surface area contributed by atoms with Gasteiger partial charge in [-0.1, -0.05) is 26.6 Å². The average molecular weight is 245 g/mol. The zero-order valence-corrected chi connectivity index (χ0v) is 11.6. The van der Waals surface area contributed by atoms with Gasteiger partial charge in [0, 0.05) is 11.5 Å². The van der Waals surface area contributed by atoms with E-state index in [4.69, 9.17) is 4.36 Å². The smallest absolute Gasteiger partial charge is 0.117 e. The molecule has 0 bridgehead atoms. The lowest BCUT2D eigenvalue weighted by Crippen LogP contribution is -2.45. The van der Waals surface area contributed by atoms with Crippen molar-refractivity contribution in [3.05, 3.63) is 0 Å². The molecule has 94 valence electrons. The van der Waals surface area contributed by atoms with Gasteiger partial charge in [0.15, 0.2) is 0 Å². The van der Waals surface area contributed by atoms with Crippen molar-refractivity contribution < 1.29 is 4.39 Å². The largest absolute Gasteiger partial charge is 0.268 e. The van der Waals surface area contributed by atoms with Gasteiger partial charge in [0.25, 0.3) is 0 Å². The highest BCUT2D eigenvalue weighted by molar-refractivity contribution is 8.02. The highest BCUT2D eigenvalue weighted by atomic mass is 32.2. The molecule has 1 saturated carbocycles. The number of alkyl halides is 1. The maximum atomic E-state index is 14.7. The Morgan fingerprint density at radius 3 is 2.12 bits per heavy atom. The molecule has 2 rings (SSSR count). The van der Waals surface area contributed by atoms with E-state index in [1.165, 1.54) is 12.8 Å². The lowest BCUT2D eigenvalue weighted by molar-refractivity contribution is 0.0206. The summed E-state index contributed by atoms with van der Waals surface area (Å²) in [6.07, 6.45) is 3.80. The Bertz CT molecular complexity index is 367. The maximum absolute atomic E-state index is 14.7. The molecule has 1 aliphatic heterocycles. The normalized spacial score (nSPS) is 40.8. The van der Waals surface area contributed by atoms with E-state index in [1.807, 2.05) is 20.8 Å². The van der Waals surface area contributed by atoms with Crippen molar-refractivity contribution >= 4 is 15.3 Å². The minimum atomic E-state index is -1.07.